The van der Waals surface area contributed by atoms with Gasteiger partial charge in [-0.15, -0.1) is 0 Å². The van der Waals surface area contributed by atoms with Gasteiger partial charge < -0.3 is 18.8 Å². The Balaban J connectivity index is 1.81. The van der Waals surface area contributed by atoms with Gasteiger partial charge in [0.2, 0.25) is 26.6 Å². The van der Waals surface area contributed by atoms with Crippen LogP contribution < -0.4 is 14.4 Å². The van der Waals surface area contributed by atoms with Gasteiger partial charge in [-0.1, -0.05) is 13.0 Å². The maximum Gasteiger partial charge on any atom is 0.236 e. The lowest BCUT2D eigenvalue weighted by Crippen LogP contribution is -2.33. The highest BCUT2D eigenvalue weighted by molar-refractivity contribution is 7.91. The Morgan fingerprint density at radius 2 is 1.68 bits per heavy atom. The van der Waals surface area contributed by atoms with Crippen LogP contribution in [-0.4, -0.2) is 40.7 Å². The topological polar surface area (TPSA) is 81.9 Å². The second-order valence-electron chi connectivity index (χ2n) is 7.71. The highest BCUT2D eigenvalue weighted by Gasteiger charge is 2.32. The number of hydrogen-bond donors (Lipinski definition) is 0. The van der Waals surface area contributed by atoms with Gasteiger partial charge in [0.15, 0.2) is 0 Å². The number of oxazole rings is 1. The average molecular weight is 443 g/mol. The monoisotopic (exact) mass is 442 g/mol. The molecule has 1 aliphatic heterocycles. The van der Waals surface area contributed by atoms with E-state index in [-0.39, 0.29) is 15.8 Å². The molecule has 0 saturated carbocycles. The molecule has 0 aliphatic carbocycles. The number of sulfone groups is 1. The third kappa shape index (κ3) is 4.25. The van der Waals surface area contributed by atoms with Crippen LogP contribution in [0.5, 0.6) is 11.5 Å². The number of rotatable bonds is 6. The number of anilines is 1. The number of ether oxygens (including phenoxy) is 2. The van der Waals surface area contributed by atoms with Gasteiger partial charge in [0, 0.05) is 18.7 Å². The molecule has 0 spiro atoms. The molecule has 1 aromatic heterocycles. The fourth-order valence-electron chi connectivity index (χ4n) is 3.63. The summed E-state index contributed by atoms with van der Waals surface area (Å²) in [5.74, 6) is 2.36. The zero-order valence-corrected chi connectivity index (χ0v) is 18.7. The molecule has 0 atom stereocenters. The Bertz CT molecular complexity index is 1150. The van der Waals surface area contributed by atoms with Gasteiger partial charge >= 0.3 is 0 Å². The van der Waals surface area contributed by atoms with Crippen molar-refractivity contribution in [1.29, 1.82) is 0 Å². The van der Waals surface area contributed by atoms with Gasteiger partial charge in [0.1, 0.15) is 11.5 Å². The Kier molecular flexibility index (Phi) is 5.91. The molecular weight excluding hydrogens is 416 g/mol. The molecule has 0 unspecified atom stereocenters. The summed E-state index contributed by atoms with van der Waals surface area (Å²) in [5, 5.41) is -0.0648. The minimum absolute atomic E-state index is 0.0648. The summed E-state index contributed by atoms with van der Waals surface area (Å²) in [6, 6.07) is 13.5. The molecule has 0 amide bonds. The number of piperidine rings is 1. The first kappa shape index (κ1) is 21.2. The summed E-state index contributed by atoms with van der Waals surface area (Å²) in [5.41, 5.74) is 0.655. The van der Waals surface area contributed by atoms with Crippen LogP contribution in [0.4, 0.5) is 5.88 Å². The lowest BCUT2D eigenvalue weighted by Gasteiger charge is -2.30. The van der Waals surface area contributed by atoms with Crippen LogP contribution >= 0.6 is 0 Å². The minimum Gasteiger partial charge on any atom is -0.497 e. The normalized spacial score (nSPS) is 15.1. The number of hydrogen-bond acceptors (Lipinski definition) is 7. The van der Waals surface area contributed by atoms with Crippen molar-refractivity contribution in [2.45, 2.75) is 29.7 Å². The zero-order chi connectivity index (χ0) is 22.0. The Hall–Kier alpha value is -3.00. The molecule has 2 heterocycles. The third-order valence-electron chi connectivity index (χ3n) is 5.59. The predicted octanol–water partition coefficient (Wildman–Crippen LogP) is 4.43. The maximum absolute atomic E-state index is 13.5. The van der Waals surface area contributed by atoms with Crippen molar-refractivity contribution in [1.82, 2.24) is 4.98 Å². The molecule has 0 radical (unpaired) electrons. The van der Waals surface area contributed by atoms with Crippen molar-refractivity contribution < 1.29 is 22.3 Å². The first-order valence-electron chi connectivity index (χ1n) is 10.2. The highest BCUT2D eigenvalue weighted by atomic mass is 32.2. The fourth-order valence-corrected chi connectivity index (χ4v) is 4.95. The van der Waals surface area contributed by atoms with E-state index in [0.29, 0.717) is 28.9 Å². The van der Waals surface area contributed by atoms with E-state index in [0.717, 1.165) is 25.9 Å². The molecule has 8 heteroatoms. The van der Waals surface area contributed by atoms with Crippen molar-refractivity contribution in [2.24, 2.45) is 5.92 Å². The second-order valence-corrected chi connectivity index (χ2v) is 9.57. The van der Waals surface area contributed by atoms with Crippen molar-refractivity contribution in [2.75, 3.05) is 32.2 Å². The van der Waals surface area contributed by atoms with Gasteiger partial charge in [-0.25, -0.2) is 8.42 Å². The van der Waals surface area contributed by atoms with Crippen molar-refractivity contribution in [3.63, 3.8) is 0 Å². The molecule has 2 aromatic carbocycles. The summed E-state index contributed by atoms with van der Waals surface area (Å²) in [6.45, 7) is 3.65. The van der Waals surface area contributed by atoms with Gasteiger partial charge in [-0.3, -0.25) is 0 Å². The van der Waals surface area contributed by atoms with E-state index in [4.69, 9.17) is 13.9 Å². The van der Waals surface area contributed by atoms with Crippen LogP contribution in [0, 0.1) is 5.92 Å². The first-order valence-corrected chi connectivity index (χ1v) is 11.7. The molecule has 4 rings (SSSR count). The van der Waals surface area contributed by atoms with Gasteiger partial charge in [0.05, 0.1) is 19.1 Å². The van der Waals surface area contributed by atoms with E-state index in [1.54, 1.807) is 25.3 Å². The molecule has 0 N–H and O–H groups in total. The van der Waals surface area contributed by atoms with Crippen molar-refractivity contribution in [3.8, 4) is 23.0 Å². The second kappa shape index (κ2) is 8.63. The lowest BCUT2D eigenvalue weighted by molar-refractivity contribution is 0.413. The van der Waals surface area contributed by atoms with Gasteiger partial charge in [-0.2, -0.15) is 4.98 Å². The number of methoxy groups -OCH3 is 2. The van der Waals surface area contributed by atoms with Gasteiger partial charge in [-0.05, 0) is 61.2 Å². The van der Waals surface area contributed by atoms with E-state index >= 15 is 0 Å². The summed E-state index contributed by atoms with van der Waals surface area (Å²) in [7, 11) is -0.777. The molecule has 1 aliphatic rings. The number of benzene rings is 2. The smallest absolute Gasteiger partial charge is 0.236 e. The van der Waals surface area contributed by atoms with E-state index in [9.17, 15) is 8.42 Å². The summed E-state index contributed by atoms with van der Waals surface area (Å²) >= 11 is 0. The maximum atomic E-state index is 13.5. The van der Waals surface area contributed by atoms with E-state index < -0.39 is 9.84 Å². The van der Waals surface area contributed by atoms with Crippen LogP contribution in [-0.2, 0) is 9.84 Å². The molecule has 164 valence electrons. The molecule has 3 aromatic rings. The van der Waals surface area contributed by atoms with E-state index in [2.05, 4.69) is 11.9 Å². The SMILES string of the molecule is COc1ccc(S(=O)(=O)c2nc(-c3cccc(OC)c3)oc2N2CCC(C)CC2)cc1. The summed E-state index contributed by atoms with van der Waals surface area (Å²) in [4.78, 5) is 6.58. The lowest BCUT2D eigenvalue weighted by atomic mass is 9.99. The quantitative estimate of drug-likeness (QED) is 0.559. The van der Waals surface area contributed by atoms with E-state index in [1.807, 2.05) is 23.1 Å². The summed E-state index contributed by atoms with van der Waals surface area (Å²) in [6.07, 6.45) is 1.94. The van der Waals surface area contributed by atoms with E-state index in [1.165, 1.54) is 19.2 Å². The molecule has 1 fully saturated rings. The van der Waals surface area contributed by atoms with Crippen LogP contribution in [0.25, 0.3) is 11.5 Å². The van der Waals surface area contributed by atoms with Crippen molar-refractivity contribution >= 4 is 15.7 Å². The minimum atomic E-state index is -3.89. The Morgan fingerprint density at radius 3 is 2.32 bits per heavy atom. The van der Waals surface area contributed by atoms with Crippen LogP contribution in [0.1, 0.15) is 19.8 Å². The molecular formula is C23H26N2O5S. The number of nitrogens with zero attached hydrogens (tertiary/aromatic N) is 2. The van der Waals surface area contributed by atoms with Crippen molar-refractivity contribution in [3.05, 3.63) is 48.5 Å². The molecule has 31 heavy (non-hydrogen) atoms. The molecule has 0 bridgehead atoms. The predicted molar refractivity (Wildman–Crippen MR) is 118 cm³/mol. The van der Waals surface area contributed by atoms with Crippen LogP contribution in [0.2, 0.25) is 0 Å². The Morgan fingerprint density at radius 1 is 1.00 bits per heavy atom. The van der Waals surface area contributed by atoms with Crippen LogP contribution in [0.3, 0.4) is 0 Å². The fraction of sp³-hybridized carbons (Fsp3) is 0.348. The molecule has 7 nitrogen and oxygen atoms in total. The Labute approximate surface area is 182 Å². The molecule has 1 saturated heterocycles. The highest BCUT2D eigenvalue weighted by Crippen LogP contribution is 2.37. The average Bonchev–Trinajstić information content (AvgIpc) is 3.26. The summed E-state index contributed by atoms with van der Waals surface area (Å²) < 4.78 is 43.6. The first-order chi connectivity index (χ1) is 14.9. The standard InChI is InChI=1S/C23H26N2O5S/c1-16-11-13-25(14-12-16)23-22(31(26,27)20-9-7-18(28-2)8-10-20)24-21(30-23)17-5-4-6-19(15-17)29-3/h4-10,15-16H,11-14H2,1-3H3. The zero-order valence-electron chi connectivity index (χ0n) is 17.9. The number of aromatic nitrogens is 1. The largest absolute Gasteiger partial charge is 0.497 e. The van der Waals surface area contributed by atoms with Crippen LogP contribution in [0.15, 0.2) is 62.9 Å². The third-order valence-corrected chi connectivity index (χ3v) is 7.26. The van der Waals surface area contributed by atoms with Gasteiger partial charge in [0.25, 0.3) is 0 Å².